The van der Waals surface area contributed by atoms with Crippen molar-refractivity contribution >= 4 is 11.8 Å². The second kappa shape index (κ2) is 12.4. The van der Waals surface area contributed by atoms with Crippen LogP contribution in [-0.4, -0.2) is 60.8 Å². The number of rotatable bonds is 10. The van der Waals surface area contributed by atoms with Crippen LogP contribution in [-0.2, 0) is 15.8 Å². The van der Waals surface area contributed by atoms with Gasteiger partial charge in [0, 0.05) is 25.6 Å². The number of halogens is 3. The highest BCUT2D eigenvalue weighted by molar-refractivity contribution is 5.80. The third-order valence-corrected chi connectivity index (χ3v) is 5.68. The molecule has 2 N–H and O–H groups in total. The van der Waals surface area contributed by atoms with E-state index in [1.165, 1.54) is 12.1 Å². The SMILES string of the molecule is O=C(NCC(O)COc1ccc(C(F)(F)F)cc1)C1CCN(C(=O)CCOc2ccccc2)CC1. The number of amides is 2. The molecule has 1 heterocycles. The van der Waals surface area contributed by atoms with Crippen LogP contribution in [0.4, 0.5) is 13.2 Å². The van der Waals surface area contributed by atoms with Gasteiger partial charge in [0.05, 0.1) is 18.6 Å². The summed E-state index contributed by atoms with van der Waals surface area (Å²) in [7, 11) is 0. The average Bonchev–Trinajstić information content (AvgIpc) is 2.86. The van der Waals surface area contributed by atoms with Crippen molar-refractivity contribution in [1.82, 2.24) is 10.2 Å². The molecule has 1 atom stereocenters. The molecular formula is C25H29F3N2O5. The maximum Gasteiger partial charge on any atom is 0.416 e. The van der Waals surface area contributed by atoms with E-state index >= 15 is 0 Å². The summed E-state index contributed by atoms with van der Waals surface area (Å²) in [6.07, 6.45) is -4.14. The zero-order valence-corrected chi connectivity index (χ0v) is 19.2. The minimum atomic E-state index is -4.43. The number of hydrogen-bond acceptors (Lipinski definition) is 5. The van der Waals surface area contributed by atoms with Crippen molar-refractivity contribution in [1.29, 1.82) is 0 Å². The van der Waals surface area contributed by atoms with Crippen LogP contribution < -0.4 is 14.8 Å². The third kappa shape index (κ3) is 8.47. The van der Waals surface area contributed by atoms with Gasteiger partial charge in [-0.3, -0.25) is 9.59 Å². The second-order valence-electron chi connectivity index (χ2n) is 8.30. The Kier molecular flexibility index (Phi) is 9.36. The number of piperidine rings is 1. The minimum absolute atomic E-state index is 0.0179. The van der Waals surface area contributed by atoms with Gasteiger partial charge in [-0.15, -0.1) is 0 Å². The molecule has 0 spiro atoms. The minimum Gasteiger partial charge on any atom is -0.493 e. The van der Waals surface area contributed by atoms with E-state index in [0.717, 1.165) is 12.1 Å². The number of carbonyl (C=O) groups is 2. The van der Waals surface area contributed by atoms with Crippen LogP contribution in [0.15, 0.2) is 54.6 Å². The zero-order chi connectivity index (χ0) is 25.3. The zero-order valence-electron chi connectivity index (χ0n) is 19.2. The van der Waals surface area contributed by atoms with Crippen molar-refractivity contribution in [2.24, 2.45) is 5.92 Å². The highest BCUT2D eigenvalue weighted by atomic mass is 19.4. The number of aliphatic hydroxyl groups excluding tert-OH is 1. The molecule has 7 nitrogen and oxygen atoms in total. The van der Waals surface area contributed by atoms with Gasteiger partial charge in [-0.25, -0.2) is 0 Å². The molecule has 1 aliphatic heterocycles. The van der Waals surface area contributed by atoms with E-state index in [9.17, 15) is 27.9 Å². The number of hydrogen-bond donors (Lipinski definition) is 2. The van der Waals surface area contributed by atoms with Crippen molar-refractivity contribution in [3.05, 3.63) is 60.2 Å². The lowest BCUT2D eigenvalue weighted by Gasteiger charge is -2.31. The fourth-order valence-corrected chi connectivity index (χ4v) is 3.68. The van der Waals surface area contributed by atoms with E-state index in [1.54, 1.807) is 4.90 Å². The van der Waals surface area contributed by atoms with Crippen LogP contribution >= 0.6 is 0 Å². The lowest BCUT2D eigenvalue weighted by molar-refractivity contribution is -0.137. The van der Waals surface area contributed by atoms with Gasteiger partial charge < -0.3 is 24.8 Å². The van der Waals surface area contributed by atoms with E-state index in [0.29, 0.717) is 31.7 Å². The number of ether oxygens (including phenoxy) is 2. The quantitative estimate of drug-likeness (QED) is 0.530. The maximum absolute atomic E-state index is 12.6. The molecule has 1 unspecified atom stereocenters. The standard InChI is InChI=1S/C25H29F3N2O5/c26-25(27,28)19-6-8-22(9-7-19)35-17-20(31)16-29-24(33)18-10-13-30(14-11-18)23(32)12-15-34-21-4-2-1-3-5-21/h1-9,18,20,31H,10-17H2,(H,29,33). The van der Waals surface area contributed by atoms with Crippen molar-refractivity contribution in [3.8, 4) is 11.5 Å². The lowest BCUT2D eigenvalue weighted by Crippen LogP contribution is -2.45. The normalized spacial score (nSPS) is 15.4. The molecule has 2 aromatic carbocycles. The highest BCUT2D eigenvalue weighted by Gasteiger charge is 2.30. The van der Waals surface area contributed by atoms with Crippen molar-refractivity contribution in [2.75, 3.05) is 32.8 Å². The van der Waals surface area contributed by atoms with Gasteiger partial charge >= 0.3 is 6.18 Å². The summed E-state index contributed by atoms with van der Waals surface area (Å²) in [6.45, 7) is 1.01. The molecule has 1 saturated heterocycles. The molecule has 35 heavy (non-hydrogen) atoms. The van der Waals surface area contributed by atoms with Crippen LogP contribution in [0.3, 0.4) is 0 Å². The van der Waals surface area contributed by atoms with Crippen LogP contribution in [0.5, 0.6) is 11.5 Å². The maximum atomic E-state index is 12.6. The number of nitrogens with zero attached hydrogens (tertiary/aromatic N) is 1. The summed E-state index contributed by atoms with van der Waals surface area (Å²) in [6, 6.07) is 13.4. The molecule has 0 bridgehead atoms. The molecule has 1 aliphatic rings. The third-order valence-electron chi connectivity index (χ3n) is 5.68. The number of aliphatic hydroxyl groups is 1. The molecule has 3 rings (SSSR count). The first-order valence-electron chi connectivity index (χ1n) is 11.4. The van der Waals surface area contributed by atoms with E-state index in [2.05, 4.69) is 5.32 Å². The number of carbonyl (C=O) groups excluding carboxylic acids is 2. The summed E-state index contributed by atoms with van der Waals surface area (Å²) in [5.41, 5.74) is -0.786. The molecule has 0 aliphatic carbocycles. The molecule has 0 saturated carbocycles. The van der Waals surface area contributed by atoms with Gasteiger partial charge in [0.2, 0.25) is 11.8 Å². The molecule has 0 radical (unpaired) electrons. The first-order chi connectivity index (χ1) is 16.7. The predicted molar refractivity (Wildman–Crippen MR) is 122 cm³/mol. The Balaban J connectivity index is 1.30. The van der Waals surface area contributed by atoms with Gasteiger partial charge in [-0.2, -0.15) is 13.2 Å². The van der Waals surface area contributed by atoms with Crippen LogP contribution in [0.1, 0.15) is 24.8 Å². The summed E-state index contributed by atoms with van der Waals surface area (Å²) < 4.78 is 48.6. The fourth-order valence-electron chi connectivity index (χ4n) is 3.68. The van der Waals surface area contributed by atoms with Crippen LogP contribution in [0.2, 0.25) is 0 Å². The van der Waals surface area contributed by atoms with Crippen LogP contribution in [0.25, 0.3) is 0 Å². The Morgan fingerprint density at radius 2 is 1.63 bits per heavy atom. The second-order valence-corrected chi connectivity index (χ2v) is 8.30. The topological polar surface area (TPSA) is 88.1 Å². The summed E-state index contributed by atoms with van der Waals surface area (Å²) in [5.74, 6) is 0.411. The predicted octanol–water partition coefficient (Wildman–Crippen LogP) is 3.27. The largest absolute Gasteiger partial charge is 0.493 e. The molecule has 0 aromatic heterocycles. The molecular weight excluding hydrogens is 465 g/mol. The van der Waals surface area contributed by atoms with E-state index in [-0.39, 0.29) is 49.7 Å². The van der Waals surface area contributed by atoms with Gasteiger partial charge in [0.1, 0.15) is 24.2 Å². The first-order valence-corrected chi connectivity index (χ1v) is 11.4. The molecule has 10 heteroatoms. The highest BCUT2D eigenvalue weighted by Crippen LogP contribution is 2.30. The Labute approximate surface area is 201 Å². The average molecular weight is 495 g/mol. The lowest BCUT2D eigenvalue weighted by atomic mass is 9.95. The van der Waals surface area contributed by atoms with Gasteiger partial charge in [-0.05, 0) is 49.2 Å². The Bertz CT molecular complexity index is 946. The number of alkyl halides is 3. The smallest absolute Gasteiger partial charge is 0.416 e. The van der Waals surface area contributed by atoms with Gasteiger partial charge in [0.15, 0.2) is 0 Å². The Morgan fingerprint density at radius 1 is 1.00 bits per heavy atom. The monoisotopic (exact) mass is 494 g/mol. The van der Waals surface area contributed by atoms with Crippen molar-refractivity contribution in [2.45, 2.75) is 31.5 Å². The summed E-state index contributed by atoms with van der Waals surface area (Å²) >= 11 is 0. The molecule has 1 fully saturated rings. The Morgan fingerprint density at radius 3 is 2.26 bits per heavy atom. The number of benzene rings is 2. The van der Waals surface area contributed by atoms with E-state index in [4.69, 9.17) is 9.47 Å². The summed E-state index contributed by atoms with van der Waals surface area (Å²) in [5, 5.41) is 12.7. The number of para-hydroxylation sites is 1. The fraction of sp³-hybridized carbons (Fsp3) is 0.440. The van der Waals surface area contributed by atoms with E-state index < -0.39 is 17.8 Å². The van der Waals surface area contributed by atoms with Crippen molar-refractivity contribution in [3.63, 3.8) is 0 Å². The summed E-state index contributed by atoms with van der Waals surface area (Å²) in [4.78, 5) is 26.5. The molecule has 190 valence electrons. The number of likely N-dealkylation sites (tertiary alicyclic amines) is 1. The number of nitrogens with one attached hydrogen (secondary N) is 1. The Hall–Kier alpha value is -3.27. The molecule has 2 amide bonds. The first kappa shape index (κ1) is 26.3. The van der Waals surface area contributed by atoms with Crippen molar-refractivity contribution < 1.29 is 37.3 Å². The van der Waals surface area contributed by atoms with E-state index in [1.807, 2.05) is 30.3 Å². The van der Waals surface area contributed by atoms with Crippen LogP contribution in [0, 0.1) is 5.92 Å². The van der Waals surface area contributed by atoms with Gasteiger partial charge in [-0.1, -0.05) is 18.2 Å². The van der Waals surface area contributed by atoms with Gasteiger partial charge in [0.25, 0.3) is 0 Å². The molecule has 2 aromatic rings.